The van der Waals surface area contributed by atoms with Gasteiger partial charge in [0, 0.05) is 0 Å². The van der Waals surface area contributed by atoms with E-state index in [9.17, 15) is 8.42 Å². The van der Waals surface area contributed by atoms with Crippen LogP contribution in [-0.4, -0.2) is 13.0 Å². The van der Waals surface area contributed by atoms with Gasteiger partial charge in [-0.25, -0.2) is 0 Å². The van der Waals surface area contributed by atoms with E-state index in [1.54, 1.807) is 12.1 Å². The second-order valence-corrected chi connectivity index (χ2v) is 4.89. The summed E-state index contributed by atoms with van der Waals surface area (Å²) in [6.07, 6.45) is 1.92. The quantitative estimate of drug-likeness (QED) is 0.758. The molecular weight excluding hydrogens is 202 g/mol. The molecule has 0 bridgehead atoms. The highest BCUT2D eigenvalue weighted by atomic mass is 32.2. The summed E-state index contributed by atoms with van der Waals surface area (Å²) in [6, 6.07) is 4.36. The molecule has 1 aromatic rings. The van der Waals surface area contributed by atoms with Crippen molar-refractivity contribution in [1.82, 2.24) is 5.73 Å². The van der Waals surface area contributed by atoms with Crippen LogP contribution in [0.4, 0.5) is 5.69 Å². The predicted molar refractivity (Wildman–Crippen MR) is 51.0 cm³/mol. The van der Waals surface area contributed by atoms with Crippen molar-refractivity contribution in [2.45, 2.75) is 23.7 Å². The van der Waals surface area contributed by atoms with E-state index in [1.165, 1.54) is 6.07 Å². The Balaban J connectivity index is 2.59. The molecule has 14 heavy (non-hydrogen) atoms. The lowest BCUT2D eigenvalue weighted by Gasteiger charge is -2.05. The highest BCUT2D eigenvalue weighted by Gasteiger charge is 2.29. The standard InChI is InChI=1S/C9H10NO3S/c10-7-3-4-8(6-1-2-6)9(5-7)14(11,12)13/h3-6,10H,1-2H2,(H,11,12,13). The first-order valence-electron chi connectivity index (χ1n) is 4.31. The van der Waals surface area contributed by atoms with Gasteiger partial charge in [-0.1, -0.05) is 6.07 Å². The monoisotopic (exact) mass is 212 g/mol. The van der Waals surface area contributed by atoms with E-state index < -0.39 is 10.1 Å². The Hall–Kier alpha value is -1.07. The van der Waals surface area contributed by atoms with Crippen LogP contribution in [0.3, 0.4) is 0 Å². The summed E-state index contributed by atoms with van der Waals surface area (Å²) in [4.78, 5) is -0.104. The smallest absolute Gasteiger partial charge is 0.294 e. The number of rotatable bonds is 2. The molecule has 0 aromatic heterocycles. The van der Waals surface area contributed by atoms with Crippen LogP contribution in [0.15, 0.2) is 23.1 Å². The normalized spacial score (nSPS) is 16.9. The van der Waals surface area contributed by atoms with Crippen LogP contribution in [-0.2, 0) is 10.1 Å². The van der Waals surface area contributed by atoms with Crippen LogP contribution >= 0.6 is 0 Å². The first kappa shape index (κ1) is 9.48. The molecule has 0 aliphatic heterocycles. The van der Waals surface area contributed by atoms with Crippen LogP contribution in [0.25, 0.3) is 0 Å². The molecule has 1 saturated carbocycles. The molecule has 4 nitrogen and oxygen atoms in total. The van der Waals surface area contributed by atoms with Crippen molar-refractivity contribution in [3.8, 4) is 0 Å². The highest BCUT2D eigenvalue weighted by molar-refractivity contribution is 7.85. The maximum Gasteiger partial charge on any atom is 0.294 e. The van der Waals surface area contributed by atoms with E-state index in [0.717, 1.165) is 12.8 Å². The zero-order chi connectivity index (χ0) is 10.3. The molecule has 0 amide bonds. The van der Waals surface area contributed by atoms with Crippen molar-refractivity contribution >= 4 is 15.8 Å². The molecule has 1 aliphatic rings. The van der Waals surface area contributed by atoms with Crippen molar-refractivity contribution in [2.24, 2.45) is 0 Å². The van der Waals surface area contributed by atoms with Gasteiger partial charge >= 0.3 is 0 Å². The van der Waals surface area contributed by atoms with Crippen LogP contribution < -0.4 is 5.73 Å². The third-order valence-electron chi connectivity index (χ3n) is 2.31. The second kappa shape index (κ2) is 2.96. The van der Waals surface area contributed by atoms with Crippen molar-refractivity contribution < 1.29 is 13.0 Å². The SMILES string of the molecule is [NH]c1ccc(C2CC2)c(S(=O)(=O)O)c1. The van der Waals surface area contributed by atoms with Crippen LogP contribution in [0.1, 0.15) is 24.3 Å². The molecule has 1 fully saturated rings. The Kier molecular flexibility index (Phi) is 2.01. The number of hydrogen-bond donors (Lipinski definition) is 1. The average Bonchev–Trinajstić information content (AvgIpc) is 2.85. The average molecular weight is 212 g/mol. The van der Waals surface area contributed by atoms with Crippen LogP contribution in [0.5, 0.6) is 0 Å². The molecular formula is C9H10NO3S. The molecule has 0 atom stereocenters. The fourth-order valence-electron chi connectivity index (χ4n) is 1.49. The summed E-state index contributed by atoms with van der Waals surface area (Å²) in [5.41, 5.74) is 8.04. The van der Waals surface area contributed by atoms with E-state index in [2.05, 4.69) is 0 Å². The van der Waals surface area contributed by atoms with Gasteiger partial charge in [0.25, 0.3) is 10.1 Å². The molecule has 1 aromatic carbocycles. The predicted octanol–water partition coefficient (Wildman–Crippen LogP) is 1.73. The molecule has 75 valence electrons. The third kappa shape index (κ3) is 1.73. The maximum atomic E-state index is 11.0. The summed E-state index contributed by atoms with van der Waals surface area (Å²) in [6.45, 7) is 0. The third-order valence-corrected chi connectivity index (χ3v) is 3.22. The number of nitrogens with one attached hydrogen (secondary N) is 1. The Labute approximate surface area is 82.5 Å². The van der Waals surface area contributed by atoms with Gasteiger partial charge in [-0.2, -0.15) is 8.42 Å². The largest absolute Gasteiger partial charge is 0.301 e. The molecule has 1 aliphatic carbocycles. The maximum absolute atomic E-state index is 11.0. The van der Waals surface area contributed by atoms with E-state index in [4.69, 9.17) is 10.3 Å². The lowest BCUT2D eigenvalue weighted by atomic mass is 10.1. The Bertz CT molecular complexity index is 463. The zero-order valence-corrected chi connectivity index (χ0v) is 8.21. The molecule has 2 rings (SSSR count). The summed E-state index contributed by atoms with van der Waals surface area (Å²) in [5.74, 6) is 0.243. The topological polar surface area (TPSA) is 78.2 Å². The Morgan fingerprint density at radius 2 is 2.00 bits per heavy atom. The van der Waals surface area contributed by atoms with Crippen molar-refractivity contribution in [3.63, 3.8) is 0 Å². The summed E-state index contributed by atoms with van der Waals surface area (Å²) in [7, 11) is -4.18. The first-order chi connectivity index (χ1) is 6.48. The van der Waals surface area contributed by atoms with Crippen molar-refractivity contribution in [3.05, 3.63) is 23.8 Å². The molecule has 0 heterocycles. The molecule has 0 unspecified atom stereocenters. The molecule has 1 radical (unpaired) electrons. The van der Waals surface area contributed by atoms with Gasteiger partial charge in [-0.15, -0.1) is 0 Å². The minimum Gasteiger partial charge on any atom is -0.301 e. The van der Waals surface area contributed by atoms with Gasteiger partial charge in [0.1, 0.15) is 0 Å². The van der Waals surface area contributed by atoms with Crippen molar-refractivity contribution in [1.29, 1.82) is 0 Å². The summed E-state index contributed by atoms with van der Waals surface area (Å²) >= 11 is 0. The van der Waals surface area contributed by atoms with Gasteiger partial charge in [-0.3, -0.25) is 4.55 Å². The van der Waals surface area contributed by atoms with E-state index in [1.807, 2.05) is 0 Å². The first-order valence-corrected chi connectivity index (χ1v) is 5.75. The van der Waals surface area contributed by atoms with E-state index in [-0.39, 0.29) is 16.5 Å². The summed E-state index contributed by atoms with van der Waals surface area (Å²) in [5, 5.41) is 0. The van der Waals surface area contributed by atoms with Gasteiger partial charge < -0.3 is 5.73 Å². The van der Waals surface area contributed by atoms with Crippen molar-refractivity contribution in [2.75, 3.05) is 0 Å². The minimum atomic E-state index is -4.18. The van der Waals surface area contributed by atoms with Gasteiger partial charge in [0.15, 0.2) is 0 Å². The fourth-order valence-corrected chi connectivity index (χ4v) is 2.30. The Morgan fingerprint density at radius 3 is 2.50 bits per heavy atom. The molecule has 5 heteroatoms. The lowest BCUT2D eigenvalue weighted by Crippen LogP contribution is -2.02. The minimum absolute atomic E-state index is 0.0991. The van der Waals surface area contributed by atoms with Crippen LogP contribution in [0, 0.1) is 0 Å². The number of benzene rings is 1. The van der Waals surface area contributed by atoms with Gasteiger partial charge in [-0.05, 0) is 36.5 Å². The van der Waals surface area contributed by atoms with Gasteiger partial charge in [0.05, 0.1) is 10.6 Å². The fraction of sp³-hybridized carbons (Fsp3) is 0.333. The molecule has 0 spiro atoms. The van der Waals surface area contributed by atoms with E-state index in [0.29, 0.717) is 5.56 Å². The summed E-state index contributed by atoms with van der Waals surface area (Å²) < 4.78 is 31.0. The zero-order valence-electron chi connectivity index (χ0n) is 7.40. The number of hydrogen-bond acceptors (Lipinski definition) is 2. The molecule has 0 saturated heterocycles. The van der Waals surface area contributed by atoms with Crippen LogP contribution in [0.2, 0.25) is 0 Å². The Morgan fingerprint density at radius 1 is 1.36 bits per heavy atom. The molecule has 2 N–H and O–H groups in total. The van der Waals surface area contributed by atoms with Gasteiger partial charge in [0.2, 0.25) is 0 Å². The van der Waals surface area contributed by atoms with E-state index >= 15 is 0 Å². The lowest BCUT2D eigenvalue weighted by molar-refractivity contribution is 0.482. The highest BCUT2D eigenvalue weighted by Crippen LogP contribution is 2.43. The second-order valence-electron chi connectivity index (χ2n) is 3.50.